The van der Waals surface area contributed by atoms with Gasteiger partial charge in [0.15, 0.2) is 11.5 Å². The molecule has 0 aliphatic carbocycles. The molecule has 10 nitrogen and oxygen atoms in total. The van der Waals surface area contributed by atoms with Crippen LogP contribution in [0.4, 0.5) is 15.6 Å². The highest BCUT2D eigenvalue weighted by atomic mass is 32.1. The SMILES string of the molecule is CCOc1ccccc1NC(=O)NC(Cc1ccccc1)C(=O)Nc1nnc(-c2ccc3c(c2)OCO3)s1. The lowest BCUT2D eigenvalue weighted by molar-refractivity contribution is -0.117. The summed E-state index contributed by atoms with van der Waals surface area (Å²) < 4.78 is 16.4. The first-order valence-corrected chi connectivity index (χ1v) is 12.8. The van der Waals surface area contributed by atoms with Crippen molar-refractivity contribution in [3.8, 4) is 27.8 Å². The van der Waals surface area contributed by atoms with Crippen molar-refractivity contribution in [3.63, 3.8) is 0 Å². The molecule has 194 valence electrons. The van der Waals surface area contributed by atoms with E-state index in [1.54, 1.807) is 24.3 Å². The molecule has 1 aliphatic heterocycles. The standard InChI is InChI=1S/C27H25N5O5S/c1-2-35-21-11-7-6-10-19(21)28-26(34)29-20(14-17-8-4-3-5-9-17)24(33)30-27-32-31-25(38-27)18-12-13-22-23(15-18)37-16-36-22/h3-13,15,20H,2,14,16H2,1H3,(H2,28,29,34)(H,30,32,33). The summed E-state index contributed by atoms with van der Waals surface area (Å²) in [6.07, 6.45) is 0.279. The van der Waals surface area contributed by atoms with Crippen LogP contribution in [0.15, 0.2) is 72.8 Å². The second kappa shape index (κ2) is 11.6. The van der Waals surface area contributed by atoms with Crippen LogP contribution in [0, 0.1) is 0 Å². The molecule has 1 unspecified atom stereocenters. The van der Waals surface area contributed by atoms with Crippen LogP contribution in [0.1, 0.15) is 12.5 Å². The fraction of sp³-hybridized carbons (Fsp3) is 0.185. The number of amides is 3. The van der Waals surface area contributed by atoms with Gasteiger partial charge in [-0.1, -0.05) is 53.8 Å². The molecule has 11 heteroatoms. The molecule has 1 atom stereocenters. The Balaban J connectivity index is 1.29. The summed E-state index contributed by atoms with van der Waals surface area (Å²) in [7, 11) is 0. The predicted octanol–water partition coefficient (Wildman–Crippen LogP) is 4.70. The van der Waals surface area contributed by atoms with E-state index in [1.165, 1.54) is 11.3 Å². The molecular formula is C27H25N5O5S. The number of hydrogen-bond acceptors (Lipinski definition) is 8. The van der Waals surface area contributed by atoms with Crippen molar-refractivity contribution in [1.82, 2.24) is 15.5 Å². The Kier molecular flexibility index (Phi) is 7.65. The van der Waals surface area contributed by atoms with E-state index in [9.17, 15) is 9.59 Å². The number of urea groups is 1. The minimum atomic E-state index is -0.880. The fourth-order valence-corrected chi connectivity index (χ4v) is 4.58. The number of carbonyl (C=O) groups excluding carboxylic acids is 2. The van der Waals surface area contributed by atoms with Crippen LogP contribution in [0.2, 0.25) is 0 Å². The van der Waals surface area contributed by atoms with Gasteiger partial charge in [0.25, 0.3) is 0 Å². The molecule has 2 heterocycles. The zero-order chi connectivity index (χ0) is 26.3. The minimum Gasteiger partial charge on any atom is -0.492 e. The van der Waals surface area contributed by atoms with Crippen LogP contribution in [-0.2, 0) is 11.2 Å². The van der Waals surface area contributed by atoms with E-state index in [2.05, 4.69) is 26.1 Å². The van der Waals surface area contributed by atoms with Crippen molar-refractivity contribution in [3.05, 3.63) is 78.4 Å². The summed E-state index contributed by atoms with van der Waals surface area (Å²) in [5.74, 6) is 1.42. The Hall–Kier alpha value is -4.64. The van der Waals surface area contributed by atoms with Gasteiger partial charge in [0.1, 0.15) is 16.8 Å². The topological polar surface area (TPSA) is 124 Å². The van der Waals surface area contributed by atoms with Crippen molar-refractivity contribution in [2.45, 2.75) is 19.4 Å². The third-order valence-electron chi connectivity index (χ3n) is 5.61. The average molecular weight is 532 g/mol. The number of aromatic nitrogens is 2. The molecule has 0 fully saturated rings. The molecular weight excluding hydrogens is 506 g/mol. The number of para-hydroxylation sites is 2. The van der Waals surface area contributed by atoms with E-state index in [1.807, 2.05) is 55.5 Å². The van der Waals surface area contributed by atoms with Crippen LogP contribution >= 0.6 is 11.3 Å². The Labute approximate surface area is 223 Å². The van der Waals surface area contributed by atoms with E-state index >= 15 is 0 Å². The number of benzene rings is 3. The van der Waals surface area contributed by atoms with E-state index in [4.69, 9.17) is 14.2 Å². The molecule has 1 aromatic heterocycles. The quantitative estimate of drug-likeness (QED) is 0.286. The van der Waals surface area contributed by atoms with Gasteiger partial charge >= 0.3 is 6.03 Å². The molecule has 0 bridgehead atoms. The largest absolute Gasteiger partial charge is 0.492 e. The van der Waals surface area contributed by atoms with Crippen molar-refractivity contribution >= 4 is 34.1 Å². The zero-order valence-corrected chi connectivity index (χ0v) is 21.3. The van der Waals surface area contributed by atoms with Gasteiger partial charge < -0.3 is 24.8 Å². The van der Waals surface area contributed by atoms with E-state index in [0.717, 1.165) is 11.1 Å². The molecule has 0 saturated heterocycles. The molecule has 0 radical (unpaired) electrons. The molecule has 0 saturated carbocycles. The summed E-state index contributed by atoms with van der Waals surface area (Å²) in [6.45, 7) is 2.49. The van der Waals surface area contributed by atoms with Crippen LogP contribution in [0.25, 0.3) is 10.6 Å². The Morgan fingerprint density at radius 2 is 1.76 bits per heavy atom. The first kappa shape index (κ1) is 25.0. The Morgan fingerprint density at radius 1 is 0.974 bits per heavy atom. The first-order valence-electron chi connectivity index (χ1n) is 12.0. The number of nitrogens with zero attached hydrogens (tertiary/aromatic N) is 2. The fourth-order valence-electron chi connectivity index (χ4n) is 3.84. The first-order chi connectivity index (χ1) is 18.6. The maximum Gasteiger partial charge on any atom is 0.320 e. The lowest BCUT2D eigenvalue weighted by atomic mass is 10.1. The predicted molar refractivity (Wildman–Crippen MR) is 144 cm³/mol. The molecule has 5 rings (SSSR count). The van der Waals surface area contributed by atoms with Crippen molar-refractivity contribution in [2.75, 3.05) is 24.0 Å². The highest BCUT2D eigenvalue weighted by Gasteiger charge is 2.24. The number of carbonyl (C=O) groups is 2. The van der Waals surface area contributed by atoms with Crippen LogP contribution in [0.3, 0.4) is 0 Å². The Morgan fingerprint density at radius 3 is 2.61 bits per heavy atom. The molecule has 3 aromatic carbocycles. The highest BCUT2D eigenvalue weighted by molar-refractivity contribution is 7.18. The number of nitrogens with one attached hydrogen (secondary N) is 3. The number of rotatable bonds is 9. The normalized spacial score (nSPS) is 12.4. The van der Waals surface area contributed by atoms with Crippen molar-refractivity contribution in [1.29, 1.82) is 0 Å². The number of hydrogen-bond donors (Lipinski definition) is 3. The van der Waals surface area contributed by atoms with Gasteiger partial charge in [-0.05, 0) is 42.8 Å². The average Bonchev–Trinajstić information content (AvgIpc) is 3.59. The summed E-state index contributed by atoms with van der Waals surface area (Å²) in [5.41, 5.74) is 2.18. The lowest BCUT2D eigenvalue weighted by Gasteiger charge is -2.19. The second-order valence-corrected chi connectivity index (χ2v) is 9.22. The lowest BCUT2D eigenvalue weighted by Crippen LogP contribution is -2.47. The Bertz CT molecular complexity index is 1430. The third kappa shape index (κ3) is 6.01. The molecule has 38 heavy (non-hydrogen) atoms. The van der Waals surface area contributed by atoms with Crippen LogP contribution < -0.4 is 30.2 Å². The van der Waals surface area contributed by atoms with Gasteiger partial charge in [0.05, 0.1) is 12.3 Å². The van der Waals surface area contributed by atoms with Crippen LogP contribution in [-0.4, -0.2) is 41.6 Å². The van der Waals surface area contributed by atoms with E-state index < -0.39 is 18.0 Å². The maximum absolute atomic E-state index is 13.3. The highest BCUT2D eigenvalue weighted by Crippen LogP contribution is 2.37. The molecule has 0 spiro atoms. The van der Waals surface area contributed by atoms with E-state index in [0.29, 0.717) is 39.7 Å². The maximum atomic E-state index is 13.3. The second-order valence-electron chi connectivity index (χ2n) is 8.24. The number of ether oxygens (including phenoxy) is 3. The smallest absolute Gasteiger partial charge is 0.320 e. The van der Waals surface area contributed by atoms with Gasteiger partial charge in [-0.2, -0.15) is 0 Å². The van der Waals surface area contributed by atoms with Gasteiger partial charge in [0.2, 0.25) is 17.8 Å². The van der Waals surface area contributed by atoms with Crippen molar-refractivity contribution in [2.24, 2.45) is 0 Å². The summed E-state index contributed by atoms with van der Waals surface area (Å²) in [4.78, 5) is 26.2. The van der Waals surface area contributed by atoms with Crippen LogP contribution in [0.5, 0.6) is 17.2 Å². The summed E-state index contributed by atoms with van der Waals surface area (Å²) in [6, 6.07) is 20.6. The molecule has 4 aromatic rings. The van der Waals surface area contributed by atoms with Gasteiger partial charge in [-0.25, -0.2) is 4.79 Å². The molecule has 3 amide bonds. The molecule has 3 N–H and O–H groups in total. The van der Waals surface area contributed by atoms with Gasteiger partial charge in [0, 0.05) is 12.0 Å². The zero-order valence-electron chi connectivity index (χ0n) is 20.5. The van der Waals surface area contributed by atoms with Gasteiger partial charge in [-0.3, -0.25) is 10.1 Å². The minimum absolute atomic E-state index is 0.177. The number of anilines is 2. The molecule has 1 aliphatic rings. The summed E-state index contributed by atoms with van der Waals surface area (Å²) in [5, 5.41) is 17.6. The van der Waals surface area contributed by atoms with Crippen molar-refractivity contribution < 1.29 is 23.8 Å². The van der Waals surface area contributed by atoms with Gasteiger partial charge in [-0.15, -0.1) is 10.2 Å². The summed E-state index contributed by atoms with van der Waals surface area (Å²) >= 11 is 1.22. The van der Waals surface area contributed by atoms with E-state index in [-0.39, 0.29) is 13.2 Å². The third-order valence-corrected chi connectivity index (χ3v) is 6.50. The monoisotopic (exact) mass is 531 g/mol. The number of fused-ring (bicyclic) bond motifs is 1.